The van der Waals surface area contributed by atoms with Crippen molar-refractivity contribution in [1.29, 1.82) is 0 Å². The number of hydrogen-bond acceptors (Lipinski definition) is 1. The Kier molecular flexibility index (Phi) is 5.31. The Morgan fingerprint density at radius 3 is 2.79 bits per heavy atom. The molecule has 0 radical (unpaired) electrons. The second kappa shape index (κ2) is 6.61. The first-order valence-electron chi connectivity index (χ1n) is 5.46. The van der Waals surface area contributed by atoms with Crippen molar-refractivity contribution in [2.75, 3.05) is 13.2 Å². The summed E-state index contributed by atoms with van der Waals surface area (Å²) >= 11 is 0. The molecule has 0 N–H and O–H groups in total. The lowest BCUT2D eigenvalue weighted by Gasteiger charge is -2.04. The molecule has 1 nitrogen and oxygen atoms in total. The van der Waals surface area contributed by atoms with Gasteiger partial charge in [0.1, 0.15) is 0 Å². The van der Waals surface area contributed by atoms with Gasteiger partial charge in [-0.3, -0.25) is 0 Å². The van der Waals surface area contributed by atoms with Crippen molar-refractivity contribution >= 4 is 0 Å². The fourth-order valence-electron chi connectivity index (χ4n) is 1.41. The SMILES string of the molecule is CCCCOCCc1cccc(C)c1. The molecule has 14 heavy (non-hydrogen) atoms. The van der Waals surface area contributed by atoms with E-state index in [9.17, 15) is 0 Å². The van der Waals surface area contributed by atoms with Gasteiger partial charge in [-0.25, -0.2) is 0 Å². The van der Waals surface area contributed by atoms with Crippen LogP contribution in [0.4, 0.5) is 0 Å². The van der Waals surface area contributed by atoms with E-state index >= 15 is 0 Å². The van der Waals surface area contributed by atoms with Crippen LogP contribution in [-0.4, -0.2) is 13.2 Å². The Labute approximate surface area is 87.1 Å². The van der Waals surface area contributed by atoms with E-state index in [-0.39, 0.29) is 0 Å². The Bertz CT molecular complexity index is 255. The number of ether oxygens (including phenoxy) is 1. The summed E-state index contributed by atoms with van der Waals surface area (Å²) in [6.45, 7) is 6.07. The molecule has 78 valence electrons. The van der Waals surface area contributed by atoms with Gasteiger partial charge in [0, 0.05) is 6.61 Å². The van der Waals surface area contributed by atoms with Gasteiger partial charge in [-0.05, 0) is 25.3 Å². The normalized spacial score (nSPS) is 10.4. The van der Waals surface area contributed by atoms with Crippen molar-refractivity contribution < 1.29 is 4.74 Å². The zero-order chi connectivity index (χ0) is 10.2. The van der Waals surface area contributed by atoms with Gasteiger partial charge in [-0.1, -0.05) is 43.2 Å². The summed E-state index contributed by atoms with van der Waals surface area (Å²) < 4.78 is 5.52. The Hall–Kier alpha value is -0.820. The molecule has 0 aromatic heterocycles. The predicted octanol–water partition coefficient (Wildman–Crippen LogP) is 3.35. The van der Waals surface area contributed by atoms with E-state index in [1.54, 1.807) is 0 Å². The molecule has 0 bridgehead atoms. The maximum absolute atomic E-state index is 5.52. The summed E-state index contributed by atoms with van der Waals surface area (Å²) in [5.74, 6) is 0. The molecule has 0 atom stereocenters. The molecule has 0 unspecified atom stereocenters. The second-order valence-corrected chi connectivity index (χ2v) is 3.70. The molecule has 1 aromatic carbocycles. The van der Waals surface area contributed by atoms with Crippen molar-refractivity contribution in [2.45, 2.75) is 33.1 Å². The van der Waals surface area contributed by atoms with Gasteiger partial charge >= 0.3 is 0 Å². The molecule has 0 saturated heterocycles. The molecule has 0 aliphatic carbocycles. The van der Waals surface area contributed by atoms with Gasteiger partial charge in [0.05, 0.1) is 6.61 Å². The average molecular weight is 192 g/mol. The zero-order valence-corrected chi connectivity index (χ0v) is 9.25. The minimum atomic E-state index is 0.851. The summed E-state index contributed by atoms with van der Waals surface area (Å²) in [4.78, 5) is 0. The largest absolute Gasteiger partial charge is 0.381 e. The van der Waals surface area contributed by atoms with Crippen LogP contribution < -0.4 is 0 Å². The van der Waals surface area contributed by atoms with Crippen molar-refractivity contribution in [2.24, 2.45) is 0 Å². The topological polar surface area (TPSA) is 9.23 Å². The molecule has 0 heterocycles. The highest BCUT2D eigenvalue weighted by Crippen LogP contribution is 2.04. The van der Waals surface area contributed by atoms with Crippen LogP contribution in [0.1, 0.15) is 30.9 Å². The highest BCUT2D eigenvalue weighted by atomic mass is 16.5. The van der Waals surface area contributed by atoms with E-state index in [4.69, 9.17) is 4.74 Å². The quantitative estimate of drug-likeness (QED) is 0.628. The van der Waals surface area contributed by atoms with E-state index in [1.807, 2.05) is 0 Å². The van der Waals surface area contributed by atoms with Crippen molar-refractivity contribution in [3.05, 3.63) is 35.4 Å². The first kappa shape index (κ1) is 11.3. The van der Waals surface area contributed by atoms with Crippen LogP contribution in [-0.2, 0) is 11.2 Å². The molecular formula is C13H20O. The highest BCUT2D eigenvalue weighted by Gasteiger charge is 1.93. The van der Waals surface area contributed by atoms with E-state index < -0.39 is 0 Å². The summed E-state index contributed by atoms with van der Waals surface area (Å²) in [6.07, 6.45) is 3.42. The molecular weight excluding hydrogens is 172 g/mol. The third kappa shape index (κ3) is 4.43. The van der Waals surface area contributed by atoms with Crippen LogP contribution in [0.3, 0.4) is 0 Å². The van der Waals surface area contributed by atoms with E-state index in [0.29, 0.717) is 0 Å². The monoisotopic (exact) mass is 192 g/mol. The fourth-order valence-corrected chi connectivity index (χ4v) is 1.41. The van der Waals surface area contributed by atoms with Crippen molar-refractivity contribution in [3.63, 3.8) is 0 Å². The molecule has 0 saturated carbocycles. The van der Waals surface area contributed by atoms with Crippen LogP contribution in [0, 0.1) is 6.92 Å². The lowest BCUT2D eigenvalue weighted by atomic mass is 10.1. The Morgan fingerprint density at radius 2 is 2.07 bits per heavy atom. The van der Waals surface area contributed by atoms with Crippen LogP contribution in [0.15, 0.2) is 24.3 Å². The summed E-state index contributed by atoms with van der Waals surface area (Å²) in [5, 5.41) is 0. The van der Waals surface area contributed by atoms with Gasteiger partial charge in [-0.2, -0.15) is 0 Å². The van der Waals surface area contributed by atoms with Crippen LogP contribution in [0.5, 0.6) is 0 Å². The molecule has 1 rings (SSSR count). The third-order valence-corrected chi connectivity index (χ3v) is 2.26. The smallest absolute Gasteiger partial charge is 0.0506 e. The number of benzene rings is 1. The van der Waals surface area contributed by atoms with E-state index in [0.717, 1.165) is 19.6 Å². The number of aryl methyl sites for hydroxylation is 1. The lowest BCUT2D eigenvalue weighted by molar-refractivity contribution is 0.134. The zero-order valence-electron chi connectivity index (χ0n) is 9.25. The molecule has 0 aliphatic rings. The maximum Gasteiger partial charge on any atom is 0.0506 e. The first-order valence-corrected chi connectivity index (χ1v) is 5.46. The van der Waals surface area contributed by atoms with Gasteiger partial charge in [0.15, 0.2) is 0 Å². The van der Waals surface area contributed by atoms with Crippen LogP contribution in [0.25, 0.3) is 0 Å². The third-order valence-electron chi connectivity index (χ3n) is 2.26. The van der Waals surface area contributed by atoms with Gasteiger partial charge in [-0.15, -0.1) is 0 Å². The summed E-state index contributed by atoms with van der Waals surface area (Å²) in [6, 6.07) is 8.62. The van der Waals surface area contributed by atoms with Gasteiger partial charge in [0.2, 0.25) is 0 Å². The number of unbranched alkanes of at least 4 members (excludes halogenated alkanes) is 1. The van der Waals surface area contributed by atoms with Crippen molar-refractivity contribution in [3.8, 4) is 0 Å². The summed E-state index contributed by atoms with van der Waals surface area (Å²) in [5.41, 5.74) is 2.71. The molecule has 0 aliphatic heterocycles. The standard InChI is InChI=1S/C13H20O/c1-3-4-9-14-10-8-13-7-5-6-12(2)11-13/h5-7,11H,3-4,8-10H2,1-2H3. The van der Waals surface area contributed by atoms with Gasteiger partial charge < -0.3 is 4.74 Å². The minimum Gasteiger partial charge on any atom is -0.381 e. The number of rotatable bonds is 6. The molecule has 1 heteroatoms. The lowest BCUT2D eigenvalue weighted by Crippen LogP contribution is -2.00. The fraction of sp³-hybridized carbons (Fsp3) is 0.538. The van der Waals surface area contributed by atoms with Crippen LogP contribution in [0.2, 0.25) is 0 Å². The van der Waals surface area contributed by atoms with Gasteiger partial charge in [0.25, 0.3) is 0 Å². The average Bonchev–Trinajstić information content (AvgIpc) is 2.18. The van der Waals surface area contributed by atoms with E-state index in [1.165, 1.54) is 24.0 Å². The van der Waals surface area contributed by atoms with E-state index in [2.05, 4.69) is 38.1 Å². The Balaban J connectivity index is 2.18. The Morgan fingerprint density at radius 1 is 1.21 bits per heavy atom. The molecule has 1 aromatic rings. The molecule has 0 spiro atoms. The maximum atomic E-state index is 5.52. The van der Waals surface area contributed by atoms with Crippen molar-refractivity contribution in [1.82, 2.24) is 0 Å². The predicted molar refractivity (Wildman–Crippen MR) is 60.6 cm³/mol. The molecule has 0 fully saturated rings. The highest BCUT2D eigenvalue weighted by molar-refractivity contribution is 5.22. The minimum absolute atomic E-state index is 0.851. The number of hydrogen-bond donors (Lipinski definition) is 0. The van der Waals surface area contributed by atoms with Crippen LogP contribution >= 0.6 is 0 Å². The summed E-state index contributed by atoms with van der Waals surface area (Å²) in [7, 11) is 0. The molecule has 0 amide bonds. The second-order valence-electron chi connectivity index (χ2n) is 3.70. The first-order chi connectivity index (χ1) is 6.83.